The summed E-state index contributed by atoms with van der Waals surface area (Å²) in [6, 6.07) is 6.34. The van der Waals surface area contributed by atoms with E-state index in [9.17, 15) is 13.5 Å². The lowest BCUT2D eigenvalue weighted by atomic mass is 9.97. The lowest BCUT2D eigenvalue weighted by molar-refractivity contribution is -0.0228. The highest BCUT2D eigenvalue weighted by molar-refractivity contribution is 7.89. The second-order valence-corrected chi connectivity index (χ2v) is 6.58. The van der Waals surface area contributed by atoms with E-state index in [2.05, 4.69) is 4.72 Å². The first-order chi connectivity index (χ1) is 9.39. The zero-order valence-electron chi connectivity index (χ0n) is 11.5. The Balaban J connectivity index is 2.16. The molecule has 2 atom stereocenters. The first kappa shape index (κ1) is 15.2. The monoisotopic (exact) mass is 301 g/mol. The van der Waals surface area contributed by atoms with Gasteiger partial charge in [-0.15, -0.1) is 0 Å². The summed E-state index contributed by atoms with van der Waals surface area (Å²) in [6.07, 6.45) is 0.00525. The summed E-state index contributed by atoms with van der Waals surface area (Å²) in [5.74, 6) is 0.266. The molecule has 1 heterocycles. The SMILES string of the molecule is COc1ccccc1S(=O)(=O)NCC1(O)CCOC1C. The van der Waals surface area contributed by atoms with E-state index in [-0.39, 0.29) is 17.2 Å². The highest BCUT2D eigenvalue weighted by atomic mass is 32.2. The molecule has 1 aromatic carbocycles. The molecular weight excluding hydrogens is 282 g/mol. The molecule has 1 aromatic rings. The van der Waals surface area contributed by atoms with Gasteiger partial charge in [-0.25, -0.2) is 13.1 Å². The molecule has 20 heavy (non-hydrogen) atoms. The van der Waals surface area contributed by atoms with E-state index in [1.165, 1.54) is 13.2 Å². The Labute approximate surface area is 118 Å². The number of hydrogen-bond acceptors (Lipinski definition) is 5. The van der Waals surface area contributed by atoms with Crippen LogP contribution < -0.4 is 9.46 Å². The molecule has 1 fully saturated rings. The van der Waals surface area contributed by atoms with E-state index in [4.69, 9.17) is 9.47 Å². The van der Waals surface area contributed by atoms with Crippen LogP contribution in [0.3, 0.4) is 0 Å². The van der Waals surface area contributed by atoms with Gasteiger partial charge in [0, 0.05) is 19.6 Å². The molecule has 0 bridgehead atoms. The van der Waals surface area contributed by atoms with Gasteiger partial charge in [-0.1, -0.05) is 12.1 Å². The highest BCUT2D eigenvalue weighted by Crippen LogP contribution is 2.27. The second-order valence-electron chi connectivity index (χ2n) is 4.84. The summed E-state index contributed by atoms with van der Waals surface area (Å²) >= 11 is 0. The number of rotatable bonds is 5. The highest BCUT2D eigenvalue weighted by Gasteiger charge is 2.40. The predicted molar refractivity (Wildman–Crippen MR) is 73.2 cm³/mol. The van der Waals surface area contributed by atoms with E-state index < -0.39 is 21.7 Å². The lowest BCUT2D eigenvalue weighted by Crippen LogP contribution is -2.47. The zero-order valence-corrected chi connectivity index (χ0v) is 12.3. The number of methoxy groups -OCH3 is 1. The average Bonchev–Trinajstić information content (AvgIpc) is 2.77. The lowest BCUT2D eigenvalue weighted by Gasteiger charge is -2.26. The molecule has 0 aromatic heterocycles. The molecule has 0 radical (unpaired) electrons. The quantitative estimate of drug-likeness (QED) is 0.828. The standard InChI is InChI=1S/C13H19NO5S/c1-10-13(15,7-8-19-10)9-14-20(16,17)12-6-4-3-5-11(12)18-2/h3-6,10,14-15H,7-9H2,1-2H3. The van der Waals surface area contributed by atoms with E-state index in [0.717, 1.165) is 0 Å². The first-order valence-electron chi connectivity index (χ1n) is 6.36. The summed E-state index contributed by atoms with van der Waals surface area (Å²) in [5.41, 5.74) is -1.17. The number of aliphatic hydroxyl groups is 1. The Morgan fingerprint density at radius 1 is 1.50 bits per heavy atom. The van der Waals surface area contributed by atoms with Gasteiger partial charge in [-0.3, -0.25) is 0 Å². The third-order valence-corrected chi connectivity index (χ3v) is 5.03. The summed E-state index contributed by atoms with van der Waals surface area (Å²) in [5, 5.41) is 10.3. The van der Waals surface area contributed by atoms with Gasteiger partial charge in [0.25, 0.3) is 0 Å². The summed E-state index contributed by atoms with van der Waals surface area (Å²) in [6.45, 7) is 2.06. The molecule has 2 unspecified atom stereocenters. The van der Waals surface area contributed by atoms with Crippen LogP contribution in [0.25, 0.3) is 0 Å². The topological polar surface area (TPSA) is 84.9 Å². The predicted octanol–water partition coefficient (Wildman–Crippen LogP) is 0.513. The van der Waals surface area contributed by atoms with Crippen molar-refractivity contribution in [2.75, 3.05) is 20.3 Å². The molecule has 1 saturated heterocycles. The van der Waals surface area contributed by atoms with Crippen LogP contribution in [-0.2, 0) is 14.8 Å². The van der Waals surface area contributed by atoms with Crippen molar-refractivity contribution in [2.24, 2.45) is 0 Å². The van der Waals surface area contributed by atoms with Gasteiger partial charge in [0.15, 0.2) is 0 Å². The number of hydrogen-bond donors (Lipinski definition) is 2. The van der Waals surface area contributed by atoms with Crippen molar-refractivity contribution in [3.8, 4) is 5.75 Å². The van der Waals surface area contributed by atoms with Crippen LogP contribution in [0.1, 0.15) is 13.3 Å². The zero-order chi connectivity index (χ0) is 14.8. The van der Waals surface area contributed by atoms with Crippen molar-refractivity contribution in [2.45, 2.75) is 29.9 Å². The van der Waals surface area contributed by atoms with Crippen LogP contribution >= 0.6 is 0 Å². The molecule has 0 aliphatic carbocycles. The van der Waals surface area contributed by atoms with Crippen molar-refractivity contribution in [3.63, 3.8) is 0 Å². The maximum Gasteiger partial charge on any atom is 0.244 e. The summed E-state index contributed by atoms with van der Waals surface area (Å²) < 4.78 is 37.3. The fourth-order valence-corrected chi connectivity index (χ4v) is 3.41. The summed E-state index contributed by atoms with van der Waals surface area (Å²) in [7, 11) is -2.33. The van der Waals surface area contributed by atoms with Crippen molar-refractivity contribution in [3.05, 3.63) is 24.3 Å². The fourth-order valence-electron chi connectivity index (χ4n) is 2.14. The minimum absolute atomic E-state index is 0.0534. The van der Waals surface area contributed by atoms with Gasteiger partial charge in [0.05, 0.1) is 13.2 Å². The Kier molecular flexibility index (Phi) is 4.33. The van der Waals surface area contributed by atoms with Crippen molar-refractivity contribution >= 4 is 10.0 Å². The van der Waals surface area contributed by atoms with Gasteiger partial charge >= 0.3 is 0 Å². The van der Waals surface area contributed by atoms with Crippen molar-refractivity contribution in [1.29, 1.82) is 0 Å². The van der Waals surface area contributed by atoms with E-state index >= 15 is 0 Å². The van der Waals surface area contributed by atoms with Crippen LogP contribution in [0.2, 0.25) is 0 Å². The number of ether oxygens (including phenoxy) is 2. The minimum Gasteiger partial charge on any atom is -0.495 e. The fraction of sp³-hybridized carbons (Fsp3) is 0.538. The molecule has 0 saturated carbocycles. The van der Waals surface area contributed by atoms with E-state index in [1.54, 1.807) is 25.1 Å². The maximum atomic E-state index is 12.3. The molecule has 1 aliphatic heterocycles. The Bertz CT molecular complexity index is 574. The number of nitrogens with one attached hydrogen (secondary N) is 1. The van der Waals surface area contributed by atoms with Crippen LogP contribution in [-0.4, -0.2) is 45.5 Å². The molecule has 2 rings (SSSR count). The second kappa shape index (κ2) is 5.69. The van der Waals surface area contributed by atoms with Crippen LogP contribution in [0, 0.1) is 0 Å². The molecule has 6 nitrogen and oxygen atoms in total. The average molecular weight is 301 g/mol. The van der Waals surface area contributed by atoms with Gasteiger partial charge in [0.1, 0.15) is 16.2 Å². The van der Waals surface area contributed by atoms with Crippen LogP contribution in [0.4, 0.5) is 0 Å². The van der Waals surface area contributed by atoms with E-state index in [1.807, 2.05) is 0 Å². The molecule has 1 aliphatic rings. The molecule has 0 amide bonds. The van der Waals surface area contributed by atoms with Crippen LogP contribution in [0.15, 0.2) is 29.2 Å². The first-order valence-corrected chi connectivity index (χ1v) is 7.84. The largest absolute Gasteiger partial charge is 0.495 e. The molecule has 0 spiro atoms. The summed E-state index contributed by atoms with van der Waals surface area (Å²) in [4.78, 5) is 0.0534. The minimum atomic E-state index is -3.74. The van der Waals surface area contributed by atoms with E-state index in [0.29, 0.717) is 13.0 Å². The van der Waals surface area contributed by atoms with Crippen molar-refractivity contribution in [1.82, 2.24) is 4.72 Å². The number of benzene rings is 1. The Morgan fingerprint density at radius 2 is 2.20 bits per heavy atom. The van der Waals surface area contributed by atoms with Gasteiger partial charge in [-0.05, 0) is 19.1 Å². The number of para-hydroxylation sites is 1. The van der Waals surface area contributed by atoms with Gasteiger partial charge in [0.2, 0.25) is 10.0 Å². The molecular formula is C13H19NO5S. The smallest absolute Gasteiger partial charge is 0.244 e. The number of sulfonamides is 1. The molecule has 112 valence electrons. The third-order valence-electron chi connectivity index (χ3n) is 3.59. The van der Waals surface area contributed by atoms with Gasteiger partial charge in [-0.2, -0.15) is 0 Å². The Morgan fingerprint density at radius 3 is 2.80 bits per heavy atom. The molecule has 2 N–H and O–H groups in total. The van der Waals surface area contributed by atoms with Crippen LogP contribution in [0.5, 0.6) is 5.75 Å². The third kappa shape index (κ3) is 2.95. The van der Waals surface area contributed by atoms with Gasteiger partial charge < -0.3 is 14.6 Å². The Hall–Kier alpha value is -1.15. The maximum absolute atomic E-state index is 12.3. The normalized spacial score (nSPS) is 26.6. The van der Waals surface area contributed by atoms with Crippen molar-refractivity contribution < 1.29 is 23.0 Å². The molecule has 7 heteroatoms.